The molecule has 1 unspecified atom stereocenters. The summed E-state index contributed by atoms with van der Waals surface area (Å²) in [5.74, 6) is -0.190. The third-order valence-corrected chi connectivity index (χ3v) is 4.07. The number of aromatic nitrogens is 2. The fraction of sp³-hybridized carbons (Fsp3) is 0.200. The van der Waals surface area contributed by atoms with Crippen molar-refractivity contribution < 1.29 is 22.7 Å². The second kappa shape index (κ2) is 8.16. The molecule has 0 fully saturated rings. The van der Waals surface area contributed by atoms with Gasteiger partial charge in [0.05, 0.1) is 17.9 Å². The van der Waals surface area contributed by atoms with Gasteiger partial charge in [0.25, 0.3) is 5.91 Å². The van der Waals surface area contributed by atoms with E-state index in [1.54, 1.807) is 6.20 Å². The van der Waals surface area contributed by atoms with E-state index in [9.17, 15) is 18.0 Å². The Hall–Kier alpha value is -3.29. The molecule has 3 aromatic rings. The highest BCUT2D eigenvalue weighted by atomic mass is 19.4. The van der Waals surface area contributed by atoms with Crippen molar-refractivity contribution in [2.24, 2.45) is 0 Å². The van der Waals surface area contributed by atoms with Crippen molar-refractivity contribution in [3.05, 3.63) is 72.2 Å². The van der Waals surface area contributed by atoms with Crippen LogP contribution < -0.4 is 10.1 Å². The average Bonchev–Trinajstić information content (AvgIpc) is 3.16. The summed E-state index contributed by atoms with van der Waals surface area (Å²) in [6.45, 7) is 1.90. The number of carbonyl (C=O) groups excluding carboxylic acids is 1. The summed E-state index contributed by atoms with van der Waals surface area (Å²) in [5.41, 5.74) is 2.03. The maximum absolute atomic E-state index is 12.4. The summed E-state index contributed by atoms with van der Waals surface area (Å²) in [4.78, 5) is 20.0. The van der Waals surface area contributed by atoms with Crippen molar-refractivity contribution in [1.29, 1.82) is 0 Å². The van der Waals surface area contributed by atoms with E-state index in [-0.39, 0.29) is 17.4 Å². The zero-order valence-electron chi connectivity index (χ0n) is 15.0. The molecule has 0 saturated heterocycles. The summed E-state index contributed by atoms with van der Waals surface area (Å²) < 4.78 is 40.5. The number of amides is 1. The number of benzene rings is 2. The third-order valence-electron chi connectivity index (χ3n) is 4.07. The number of H-pyrrole nitrogens is 1. The van der Waals surface area contributed by atoms with E-state index >= 15 is 0 Å². The number of alkyl halides is 3. The molecule has 5 nitrogen and oxygen atoms in total. The van der Waals surface area contributed by atoms with Crippen molar-refractivity contribution in [1.82, 2.24) is 15.3 Å². The molecule has 2 aromatic carbocycles. The zero-order valence-corrected chi connectivity index (χ0v) is 15.0. The Labute approximate surface area is 159 Å². The Morgan fingerprint density at radius 1 is 1.14 bits per heavy atom. The molecule has 8 heteroatoms. The van der Waals surface area contributed by atoms with Gasteiger partial charge in [-0.2, -0.15) is 0 Å². The van der Waals surface area contributed by atoms with Crippen LogP contribution in [-0.4, -0.2) is 22.2 Å². The van der Waals surface area contributed by atoms with Crippen LogP contribution in [0.1, 0.15) is 35.6 Å². The number of halogens is 3. The second-order valence-corrected chi connectivity index (χ2v) is 6.05. The quantitative estimate of drug-likeness (QED) is 0.633. The van der Waals surface area contributed by atoms with Crippen LogP contribution >= 0.6 is 0 Å². The number of carbonyl (C=O) groups is 1. The smallest absolute Gasteiger partial charge is 0.406 e. The topological polar surface area (TPSA) is 67.0 Å². The fourth-order valence-electron chi connectivity index (χ4n) is 2.69. The van der Waals surface area contributed by atoms with Gasteiger partial charge in [0.2, 0.25) is 0 Å². The Kier molecular flexibility index (Phi) is 5.67. The molecule has 0 aliphatic heterocycles. The molecular formula is C20H18F3N3O2. The van der Waals surface area contributed by atoms with Crippen molar-refractivity contribution in [3.63, 3.8) is 0 Å². The average molecular weight is 389 g/mol. The lowest BCUT2D eigenvalue weighted by molar-refractivity contribution is -0.274. The SMILES string of the molecule is CCC(NC(=O)c1ccc(OC(F)(F)F)cc1)c1ncc(-c2ccccc2)[nH]1. The van der Waals surface area contributed by atoms with Crippen LogP contribution in [0, 0.1) is 0 Å². The summed E-state index contributed by atoms with van der Waals surface area (Å²) in [6.07, 6.45) is -2.49. The van der Waals surface area contributed by atoms with Crippen molar-refractivity contribution in [3.8, 4) is 17.0 Å². The first-order chi connectivity index (χ1) is 13.4. The number of hydrogen-bond acceptors (Lipinski definition) is 3. The first-order valence-electron chi connectivity index (χ1n) is 8.62. The lowest BCUT2D eigenvalue weighted by Crippen LogP contribution is -2.28. The number of imidazole rings is 1. The summed E-state index contributed by atoms with van der Waals surface area (Å²) in [7, 11) is 0. The molecule has 28 heavy (non-hydrogen) atoms. The van der Waals surface area contributed by atoms with Crippen LogP contribution in [0.5, 0.6) is 5.75 Å². The van der Waals surface area contributed by atoms with Gasteiger partial charge < -0.3 is 15.0 Å². The van der Waals surface area contributed by atoms with E-state index in [1.807, 2.05) is 37.3 Å². The number of aromatic amines is 1. The van der Waals surface area contributed by atoms with Crippen LogP contribution in [0.25, 0.3) is 11.3 Å². The largest absolute Gasteiger partial charge is 0.573 e. The van der Waals surface area contributed by atoms with Gasteiger partial charge in [-0.25, -0.2) is 4.98 Å². The minimum Gasteiger partial charge on any atom is -0.406 e. The van der Waals surface area contributed by atoms with Crippen molar-refractivity contribution in [2.75, 3.05) is 0 Å². The molecule has 0 aliphatic rings. The highest BCUT2D eigenvalue weighted by Gasteiger charge is 2.31. The molecule has 1 atom stereocenters. The normalized spacial score (nSPS) is 12.4. The molecule has 1 heterocycles. The monoisotopic (exact) mass is 389 g/mol. The Morgan fingerprint density at radius 3 is 2.43 bits per heavy atom. The number of ether oxygens (including phenoxy) is 1. The van der Waals surface area contributed by atoms with Gasteiger partial charge in [-0.05, 0) is 36.2 Å². The summed E-state index contributed by atoms with van der Waals surface area (Å²) in [6, 6.07) is 14.0. The minimum atomic E-state index is -4.77. The summed E-state index contributed by atoms with van der Waals surface area (Å²) in [5, 5.41) is 2.84. The van der Waals surface area contributed by atoms with Crippen LogP contribution in [0.2, 0.25) is 0 Å². The molecule has 0 radical (unpaired) electrons. The molecular weight excluding hydrogens is 371 g/mol. The molecule has 0 aliphatic carbocycles. The maximum atomic E-state index is 12.4. The van der Waals surface area contributed by atoms with Crippen LogP contribution in [0.15, 0.2) is 60.8 Å². The number of nitrogens with one attached hydrogen (secondary N) is 2. The molecule has 1 aromatic heterocycles. The molecule has 0 bridgehead atoms. The van der Waals surface area contributed by atoms with Gasteiger partial charge in [-0.1, -0.05) is 37.3 Å². The highest BCUT2D eigenvalue weighted by molar-refractivity contribution is 5.94. The Bertz CT molecular complexity index is 922. The van der Waals surface area contributed by atoms with Crippen LogP contribution in [0.4, 0.5) is 13.2 Å². The first-order valence-corrected chi connectivity index (χ1v) is 8.62. The second-order valence-electron chi connectivity index (χ2n) is 6.05. The van der Waals surface area contributed by atoms with Gasteiger partial charge in [0, 0.05) is 5.56 Å². The Morgan fingerprint density at radius 2 is 1.82 bits per heavy atom. The van der Waals surface area contributed by atoms with Crippen molar-refractivity contribution in [2.45, 2.75) is 25.7 Å². The highest BCUT2D eigenvalue weighted by Crippen LogP contribution is 2.24. The minimum absolute atomic E-state index is 0.225. The number of rotatable bonds is 6. The molecule has 3 rings (SSSR count). The molecule has 1 amide bonds. The van der Waals surface area contributed by atoms with E-state index in [0.717, 1.165) is 23.4 Å². The molecule has 2 N–H and O–H groups in total. The van der Waals surface area contributed by atoms with Crippen molar-refractivity contribution >= 4 is 5.91 Å². The summed E-state index contributed by atoms with van der Waals surface area (Å²) >= 11 is 0. The van der Waals surface area contributed by atoms with E-state index in [0.29, 0.717) is 12.2 Å². The van der Waals surface area contributed by atoms with Gasteiger partial charge in [0.1, 0.15) is 11.6 Å². The predicted molar refractivity (Wildman–Crippen MR) is 97.6 cm³/mol. The Balaban J connectivity index is 1.69. The molecule has 0 saturated carbocycles. The first kappa shape index (κ1) is 19.5. The fourth-order valence-corrected chi connectivity index (χ4v) is 2.69. The van der Waals surface area contributed by atoms with E-state index in [2.05, 4.69) is 20.0 Å². The zero-order chi connectivity index (χ0) is 20.1. The van der Waals surface area contributed by atoms with Crippen LogP contribution in [0.3, 0.4) is 0 Å². The third kappa shape index (κ3) is 4.91. The number of nitrogens with zero attached hydrogens (tertiary/aromatic N) is 1. The van der Waals surface area contributed by atoms with Gasteiger partial charge >= 0.3 is 6.36 Å². The van der Waals surface area contributed by atoms with Gasteiger partial charge in [-0.3, -0.25) is 4.79 Å². The lowest BCUT2D eigenvalue weighted by Gasteiger charge is -2.15. The number of hydrogen-bond donors (Lipinski definition) is 2. The standard InChI is InChI=1S/C20H18F3N3O2/c1-2-16(18-24-12-17(25-18)13-6-4-3-5-7-13)26-19(27)14-8-10-15(11-9-14)28-20(21,22)23/h3-12,16H,2H2,1H3,(H,24,25)(H,26,27). The van der Waals surface area contributed by atoms with E-state index in [4.69, 9.17) is 0 Å². The predicted octanol–water partition coefficient (Wildman–Crippen LogP) is 4.86. The van der Waals surface area contributed by atoms with Gasteiger partial charge in [-0.15, -0.1) is 13.2 Å². The lowest BCUT2D eigenvalue weighted by atomic mass is 10.1. The molecule has 0 spiro atoms. The van der Waals surface area contributed by atoms with E-state index in [1.165, 1.54) is 12.1 Å². The van der Waals surface area contributed by atoms with E-state index < -0.39 is 12.3 Å². The van der Waals surface area contributed by atoms with Crippen LogP contribution in [-0.2, 0) is 0 Å². The van der Waals surface area contributed by atoms with Gasteiger partial charge in [0.15, 0.2) is 0 Å². The maximum Gasteiger partial charge on any atom is 0.573 e. The molecule has 146 valence electrons.